The molecule has 0 unspecified atom stereocenters. The van der Waals surface area contributed by atoms with E-state index in [4.69, 9.17) is 5.11 Å². The second-order valence-corrected chi connectivity index (χ2v) is 3.89. The van der Waals surface area contributed by atoms with Crippen LogP contribution in [0.25, 0.3) is 0 Å². The Bertz CT molecular complexity index is 619. The van der Waals surface area contributed by atoms with Crippen LogP contribution in [0.3, 0.4) is 0 Å². The van der Waals surface area contributed by atoms with Gasteiger partial charge in [0, 0.05) is 12.3 Å². The molecule has 0 aliphatic carbocycles. The largest absolute Gasteiger partial charge is 0.481 e. The third kappa shape index (κ3) is 2.82. The summed E-state index contributed by atoms with van der Waals surface area (Å²) in [6, 6.07) is 8.55. The molecule has 0 aliphatic rings. The van der Waals surface area contributed by atoms with E-state index in [0.29, 0.717) is 12.1 Å². The van der Waals surface area contributed by atoms with Crippen LogP contribution in [0.4, 0.5) is 0 Å². The number of hydrogen-bond acceptors (Lipinski definition) is 3. The lowest BCUT2D eigenvalue weighted by Gasteiger charge is -2.09. The van der Waals surface area contributed by atoms with E-state index in [-0.39, 0.29) is 12.0 Å². The molecule has 2 aromatic rings. The third-order valence-corrected chi connectivity index (χ3v) is 2.59. The number of nitrogens with zero attached hydrogens (tertiary/aromatic N) is 2. The molecule has 1 aromatic heterocycles. The number of carboxylic acid groups (broad SMARTS) is 1. The first-order valence-corrected chi connectivity index (χ1v) is 5.46. The van der Waals surface area contributed by atoms with Crippen molar-refractivity contribution in [1.29, 1.82) is 0 Å². The Balaban J connectivity index is 2.32. The molecule has 1 N–H and O–H groups in total. The number of carbonyl (C=O) groups is 1. The second-order valence-electron chi connectivity index (χ2n) is 3.89. The van der Waals surface area contributed by atoms with Crippen molar-refractivity contribution in [1.82, 2.24) is 9.55 Å². The summed E-state index contributed by atoms with van der Waals surface area (Å²) in [6.45, 7) is 0.329. The predicted molar refractivity (Wildman–Crippen MR) is 65.4 cm³/mol. The van der Waals surface area contributed by atoms with E-state index < -0.39 is 5.97 Å². The van der Waals surface area contributed by atoms with E-state index in [1.807, 2.05) is 12.1 Å². The molecule has 0 atom stereocenters. The quantitative estimate of drug-likeness (QED) is 0.868. The van der Waals surface area contributed by atoms with Crippen LogP contribution >= 0.6 is 0 Å². The van der Waals surface area contributed by atoms with Gasteiger partial charge in [-0.2, -0.15) is 0 Å². The van der Waals surface area contributed by atoms with Crippen molar-refractivity contribution in [2.24, 2.45) is 0 Å². The van der Waals surface area contributed by atoms with E-state index in [1.165, 1.54) is 23.2 Å². The smallest absolute Gasteiger partial charge is 0.307 e. The summed E-state index contributed by atoms with van der Waals surface area (Å²) in [6.07, 6.45) is 2.83. The van der Waals surface area contributed by atoms with Gasteiger partial charge in [0.2, 0.25) is 0 Å². The van der Waals surface area contributed by atoms with Crippen LogP contribution in [-0.2, 0) is 17.8 Å². The number of aromatic nitrogens is 2. The van der Waals surface area contributed by atoms with Gasteiger partial charge in [0.1, 0.15) is 0 Å². The first-order chi connectivity index (χ1) is 8.66. The molecule has 1 heterocycles. The first-order valence-electron chi connectivity index (χ1n) is 5.46. The molecule has 0 saturated heterocycles. The summed E-state index contributed by atoms with van der Waals surface area (Å²) in [5.74, 6) is -0.888. The summed E-state index contributed by atoms with van der Waals surface area (Å²) in [5, 5.41) is 8.83. The Kier molecular flexibility index (Phi) is 3.52. The maximum absolute atomic E-state index is 11.6. The highest BCUT2D eigenvalue weighted by molar-refractivity contribution is 5.70. The van der Waals surface area contributed by atoms with E-state index >= 15 is 0 Å². The summed E-state index contributed by atoms with van der Waals surface area (Å²) in [5.41, 5.74) is 1.37. The van der Waals surface area contributed by atoms with Crippen molar-refractivity contribution in [2.45, 2.75) is 13.0 Å². The monoisotopic (exact) mass is 244 g/mol. The lowest BCUT2D eigenvalue weighted by molar-refractivity contribution is -0.136. The van der Waals surface area contributed by atoms with Crippen molar-refractivity contribution >= 4 is 5.97 Å². The molecule has 0 bridgehead atoms. The predicted octanol–water partition coefficient (Wildman–Crippen LogP) is 0.919. The fourth-order valence-corrected chi connectivity index (χ4v) is 1.73. The zero-order chi connectivity index (χ0) is 13.0. The summed E-state index contributed by atoms with van der Waals surface area (Å²) >= 11 is 0. The highest BCUT2D eigenvalue weighted by Crippen LogP contribution is 2.10. The Labute approximate surface area is 103 Å². The highest BCUT2D eigenvalue weighted by atomic mass is 16.4. The minimum atomic E-state index is -0.888. The molecule has 92 valence electrons. The van der Waals surface area contributed by atoms with E-state index in [0.717, 1.165) is 5.56 Å². The standard InChI is InChI=1S/C13H12N2O3/c16-12-5-6-14-9-15(12)8-11-4-2-1-3-10(11)7-13(17)18/h1-6,9H,7-8H2,(H,17,18). The zero-order valence-corrected chi connectivity index (χ0v) is 9.61. The molecule has 2 rings (SSSR count). The molecular formula is C13H12N2O3. The van der Waals surface area contributed by atoms with Gasteiger partial charge in [0.05, 0.1) is 19.3 Å². The SMILES string of the molecule is O=C(O)Cc1ccccc1Cn1cnccc1=O. The van der Waals surface area contributed by atoms with Gasteiger partial charge in [-0.3, -0.25) is 14.2 Å². The lowest BCUT2D eigenvalue weighted by atomic mass is 10.0. The number of hydrogen-bond donors (Lipinski definition) is 1. The van der Waals surface area contributed by atoms with Crippen LogP contribution in [0.2, 0.25) is 0 Å². The maximum Gasteiger partial charge on any atom is 0.307 e. The minimum Gasteiger partial charge on any atom is -0.481 e. The van der Waals surface area contributed by atoms with Gasteiger partial charge in [0.25, 0.3) is 5.56 Å². The normalized spacial score (nSPS) is 10.2. The van der Waals surface area contributed by atoms with Crippen molar-refractivity contribution in [3.05, 3.63) is 64.3 Å². The molecular weight excluding hydrogens is 232 g/mol. The number of rotatable bonds is 4. The number of benzene rings is 1. The van der Waals surface area contributed by atoms with E-state index in [1.54, 1.807) is 12.1 Å². The summed E-state index contributed by atoms with van der Waals surface area (Å²) < 4.78 is 1.45. The first kappa shape index (κ1) is 12.0. The van der Waals surface area contributed by atoms with Gasteiger partial charge in [-0.15, -0.1) is 0 Å². The Hall–Kier alpha value is -2.43. The van der Waals surface area contributed by atoms with Crippen molar-refractivity contribution in [3.63, 3.8) is 0 Å². The van der Waals surface area contributed by atoms with Crippen molar-refractivity contribution < 1.29 is 9.90 Å². The van der Waals surface area contributed by atoms with Crippen molar-refractivity contribution in [2.75, 3.05) is 0 Å². The zero-order valence-electron chi connectivity index (χ0n) is 9.61. The molecule has 5 nitrogen and oxygen atoms in total. The molecule has 0 aliphatic heterocycles. The van der Waals surface area contributed by atoms with Crippen LogP contribution in [-0.4, -0.2) is 20.6 Å². The van der Waals surface area contributed by atoms with Crippen LogP contribution < -0.4 is 5.56 Å². The molecule has 5 heteroatoms. The molecule has 0 spiro atoms. The topological polar surface area (TPSA) is 72.2 Å². The summed E-state index contributed by atoms with van der Waals surface area (Å²) in [4.78, 5) is 26.2. The Morgan fingerprint density at radius 3 is 2.61 bits per heavy atom. The average Bonchev–Trinajstić information content (AvgIpc) is 2.34. The van der Waals surface area contributed by atoms with Gasteiger partial charge in [-0.1, -0.05) is 24.3 Å². The van der Waals surface area contributed by atoms with Gasteiger partial charge in [-0.05, 0) is 11.1 Å². The minimum absolute atomic E-state index is 0.0504. The molecule has 0 fully saturated rings. The molecule has 0 amide bonds. The average molecular weight is 244 g/mol. The highest BCUT2D eigenvalue weighted by Gasteiger charge is 2.07. The lowest BCUT2D eigenvalue weighted by Crippen LogP contribution is -2.20. The molecule has 0 saturated carbocycles. The van der Waals surface area contributed by atoms with E-state index in [2.05, 4.69) is 4.98 Å². The van der Waals surface area contributed by atoms with E-state index in [9.17, 15) is 9.59 Å². The van der Waals surface area contributed by atoms with Gasteiger partial charge in [-0.25, -0.2) is 4.98 Å². The maximum atomic E-state index is 11.6. The number of carboxylic acids is 1. The fraction of sp³-hybridized carbons (Fsp3) is 0.154. The summed E-state index contributed by atoms with van der Waals surface area (Å²) in [7, 11) is 0. The van der Waals surface area contributed by atoms with Gasteiger partial charge < -0.3 is 5.11 Å². The van der Waals surface area contributed by atoms with Crippen LogP contribution in [0, 0.1) is 0 Å². The number of aliphatic carboxylic acids is 1. The molecule has 0 radical (unpaired) electrons. The Morgan fingerprint density at radius 1 is 1.22 bits per heavy atom. The van der Waals surface area contributed by atoms with Gasteiger partial charge in [0.15, 0.2) is 0 Å². The Morgan fingerprint density at radius 2 is 1.94 bits per heavy atom. The fourth-order valence-electron chi connectivity index (χ4n) is 1.73. The third-order valence-electron chi connectivity index (χ3n) is 2.59. The second kappa shape index (κ2) is 5.27. The molecule has 18 heavy (non-hydrogen) atoms. The van der Waals surface area contributed by atoms with Crippen LogP contribution in [0.5, 0.6) is 0 Å². The molecule has 1 aromatic carbocycles. The van der Waals surface area contributed by atoms with Crippen molar-refractivity contribution in [3.8, 4) is 0 Å². The van der Waals surface area contributed by atoms with Crippen LogP contribution in [0.15, 0.2) is 47.7 Å². The van der Waals surface area contributed by atoms with Gasteiger partial charge >= 0.3 is 5.97 Å². The van der Waals surface area contributed by atoms with Crippen LogP contribution in [0.1, 0.15) is 11.1 Å².